The number of nitrogens with two attached hydrogens (primary N) is 1. The van der Waals surface area contributed by atoms with Gasteiger partial charge in [-0.3, -0.25) is 4.98 Å². The molecule has 3 N–H and O–H groups in total. The highest BCUT2D eigenvalue weighted by Crippen LogP contribution is 2.50. The summed E-state index contributed by atoms with van der Waals surface area (Å²) >= 11 is 0. The summed E-state index contributed by atoms with van der Waals surface area (Å²) < 4.78 is 0. The molecule has 0 saturated heterocycles. The first-order chi connectivity index (χ1) is 24.9. The zero-order valence-corrected chi connectivity index (χ0v) is 29.3. The lowest BCUT2D eigenvalue weighted by molar-refractivity contribution is 0.661. The topological polar surface area (TPSA) is 76.7 Å². The molecule has 0 saturated carbocycles. The molecule has 6 aromatic carbocycles. The zero-order valence-electron chi connectivity index (χ0n) is 29.3. The molecule has 0 fully saturated rings. The van der Waals surface area contributed by atoms with E-state index in [0.717, 1.165) is 56.0 Å². The van der Waals surface area contributed by atoms with Gasteiger partial charge in [-0.2, -0.15) is 0 Å². The third-order valence-corrected chi connectivity index (χ3v) is 9.88. The molecule has 0 radical (unpaired) electrons. The number of fused-ring (bicyclic) bond motifs is 5. The van der Waals surface area contributed by atoms with E-state index in [-0.39, 0.29) is 5.41 Å². The predicted octanol–water partition coefficient (Wildman–Crippen LogP) is 11.8. The number of nitrogens with one attached hydrogen (secondary N) is 1. The second-order valence-corrected chi connectivity index (χ2v) is 13.2. The second kappa shape index (κ2) is 12.8. The SMILES string of the molecule is CC.CC1(C)c2ccccc2-c2cc(Nc3ccc(-c4nc(-c5ccc(-c6cccc7ccccc67)nc5)c5ccccc5n4)cc3)c(N)cc21. The van der Waals surface area contributed by atoms with Crippen LogP contribution >= 0.6 is 0 Å². The van der Waals surface area contributed by atoms with Crippen LogP contribution in [0.15, 0.2) is 146 Å². The third kappa shape index (κ3) is 5.57. The van der Waals surface area contributed by atoms with Crippen LogP contribution < -0.4 is 11.1 Å². The lowest BCUT2D eigenvalue weighted by atomic mass is 9.82. The summed E-state index contributed by atoms with van der Waals surface area (Å²) in [5.41, 5.74) is 19.8. The molecule has 2 aromatic heterocycles. The van der Waals surface area contributed by atoms with Gasteiger partial charge in [0.2, 0.25) is 0 Å². The molecule has 0 unspecified atom stereocenters. The molecule has 9 rings (SSSR count). The molecular formula is C46H39N5. The minimum atomic E-state index is -0.0895. The quantitative estimate of drug-likeness (QED) is 0.180. The Balaban J connectivity index is 0.00000184. The third-order valence-electron chi connectivity index (χ3n) is 9.88. The lowest BCUT2D eigenvalue weighted by Crippen LogP contribution is -2.15. The van der Waals surface area contributed by atoms with E-state index >= 15 is 0 Å². The van der Waals surface area contributed by atoms with Crippen LogP contribution in [0.5, 0.6) is 0 Å². The Labute approximate surface area is 298 Å². The minimum absolute atomic E-state index is 0.0895. The monoisotopic (exact) mass is 661 g/mol. The number of anilines is 3. The molecular weight excluding hydrogens is 623 g/mol. The Morgan fingerprint density at radius 2 is 1.27 bits per heavy atom. The Morgan fingerprint density at radius 3 is 2.08 bits per heavy atom. The van der Waals surface area contributed by atoms with Crippen LogP contribution in [-0.2, 0) is 5.41 Å². The first-order valence-corrected chi connectivity index (χ1v) is 17.6. The molecule has 5 nitrogen and oxygen atoms in total. The van der Waals surface area contributed by atoms with Gasteiger partial charge in [0, 0.05) is 39.4 Å². The van der Waals surface area contributed by atoms with Gasteiger partial charge in [-0.05, 0) is 87.6 Å². The van der Waals surface area contributed by atoms with E-state index in [9.17, 15) is 0 Å². The molecule has 0 aliphatic heterocycles. The average molecular weight is 662 g/mol. The zero-order chi connectivity index (χ0) is 35.1. The number of rotatable bonds is 5. The standard InChI is InChI=1S/C44H33N5.C2H6/c1-44(2)36-16-7-5-13-32(36)35-24-41(38(45)25-37(35)44)47-30-21-18-28(19-22-30)43-48-40-17-8-6-14-34(40)42(49-43)29-20-23-39(46-26-29)33-15-9-11-27-10-3-4-12-31(27)33;1-2/h3-26,47H,45H2,1-2H3;1-2H3. The van der Waals surface area contributed by atoms with E-state index in [2.05, 4.69) is 140 Å². The van der Waals surface area contributed by atoms with Crippen molar-refractivity contribution in [2.24, 2.45) is 0 Å². The lowest BCUT2D eigenvalue weighted by Gasteiger charge is -2.22. The highest BCUT2D eigenvalue weighted by atomic mass is 14.9. The van der Waals surface area contributed by atoms with Crippen molar-refractivity contribution in [1.82, 2.24) is 15.0 Å². The number of hydrogen-bond donors (Lipinski definition) is 2. The van der Waals surface area contributed by atoms with E-state index in [4.69, 9.17) is 20.7 Å². The molecule has 0 spiro atoms. The van der Waals surface area contributed by atoms with Gasteiger partial charge in [-0.1, -0.05) is 113 Å². The Morgan fingerprint density at radius 1 is 0.588 bits per heavy atom. The van der Waals surface area contributed by atoms with E-state index in [1.165, 1.54) is 33.0 Å². The molecule has 51 heavy (non-hydrogen) atoms. The number of nitrogen functional groups attached to an aromatic ring is 1. The maximum Gasteiger partial charge on any atom is 0.160 e. The molecule has 8 aromatic rings. The normalized spacial score (nSPS) is 12.5. The van der Waals surface area contributed by atoms with Crippen LogP contribution in [0.3, 0.4) is 0 Å². The van der Waals surface area contributed by atoms with Crippen LogP contribution in [0.25, 0.3) is 66.7 Å². The second-order valence-electron chi connectivity index (χ2n) is 13.2. The summed E-state index contributed by atoms with van der Waals surface area (Å²) in [6.45, 7) is 8.53. The van der Waals surface area contributed by atoms with Crippen molar-refractivity contribution in [3.05, 3.63) is 157 Å². The van der Waals surface area contributed by atoms with Crippen molar-refractivity contribution < 1.29 is 0 Å². The van der Waals surface area contributed by atoms with Gasteiger partial charge in [0.15, 0.2) is 5.82 Å². The van der Waals surface area contributed by atoms with Crippen LogP contribution in [0.2, 0.25) is 0 Å². The van der Waals surface area contributed by atoms with E-state index in [1.807, 2.05) is 38.2 Å². The highest BCUT2D eigenvalue weighted by molar-refractivity contribution is 5.97. The number of benzene rings is 6. The highest BCUT2D eigenvalue weighted by Gasteiger charge is 2.35. The summed E-state index contributed by atoms with van der Waals surface area (Å²) in [5, 5.41) is 6.93. The number of pyridine rings is 1. The average Bonchev–Trinajstić information content (AvgIpc) is 3.40. The fraction of sp³-hybridized carbons (Fsp3) is 0.109. The van der Waals surface area contributed by atoms with Crippen molar-refractivity contribution in [2.45, 2.75) is 33.1 Å². The molecule has 1 aliphatic carbocycles. The molecule has 0 bridgehead atoms. The number of nitrogens with zero attached hydrogens (tertiary/aromatic N) is 3. The summed E-state index contributed by atoms with van der Waals surface area (Å²) in [7, 11) is 0. The molecule has 0 atom stereocenters. The fourth-order valence-electron chi connectivity index (χ4n) is 7.30. The largest absolute Gasteiger partial charge is 0.397 e. The van der Waals surface area contributed by atoms with Crippen molar-refractivity contribution >= 4 is 38.7 Å². The maximum atomic E-state index is 6.62. The van der Waals surface area contributed by atoms with Gasteiger partial charge in [0.25, 0.3) is 0 Å². The molecule has 2 heterocycles. The Hall–Kier alpha value is -6.33. The summed E-state index contributed by atoms with van der Waals surface area (Å²) in [5.74, 6) is 0.661. The number of aromatic nitrogens is 3. The molecule has 248 valence electrons. The number of para-hydroxylation sites is 1. The van der Waals surface area contributed by atoms with Crippen molar-refractivity contribution in [3.8, 4) is 45.0 Å². The minimum Gasteiger partial charge on any atom is -0.397 e. The van der Waals surface area contributed by atoms with E-state index in [1.54, 1.807) is 0 Å². The Kier molecular flexibility index (Phi) is 8.04. The molecule has 5 heteroatoms. The van der Waals surface area contributed by atoms with E-state index in [0.29, 0.717) is 5.82 Å². The number of hydrogen-bond acceptors (Lipinski definition) is 5. The van der Waals surface area contributed by atoms with E-state index < -0.39 is 0 Å². The van der Waals surface area contributed by atoms with Gasteiger partial charge in [-0.15, -0.1) is 0 Å². The van der Waals surface area contributed by atoms with Gasteiger partial charge in [0.1, 0.15) is 0 Å². The first kappa shape index (κ1) is 31.9. The predicted molar refractivity (Wildman–Crippen MR) is 214 cm³/mol. The maximum absolute atomic E-state index is 6.62. The summed E-state index contributed by atoms with van der Waals surface area (Å²) in [4.78, 5) is 15.0. The van der Waals surface area contributed by atoms with Crippen molar-refractivity contribution in [3.63, 3.8) is 0 Å². The van der Waals surface area contributed by atoms with Gasteiger partial charge in [0.05, 0.1) is 28.3 Å². The van der Waals surface area contributed by atoms with Crippen LogP contribution in [-0.4, -0.2) is 15.0 Å². The summed E-state index contributed by atoms with van der Waals surface area (Å²) in [6.07, 6.45) is 1.92. The fourth-order valence-corrected chi connectivity index (χ4v) is 7.30. The molecule has 1 aliphatic rings. The van der Waals surface area contributed by atoms with Crippen LogP contribution in [0, 0.1) is 0 Å². The first-order valence-electron chi connectivity index (χ1n) is 17.6. The van der Waals surface area contributed by atoms with Crippen LogP contribution in [0.1, 0.15) is 38.8 Å². The van der Waals surface area contributed by atoms with Crippen LogP contribution in [0.4, 0.5) is 17.1 Å². The summed E-state index contributed by atoms with van der Waals surface area (Å²) in [6, 6.07) is 48.2. The molecule has 0 amide bonds. The van der Waals surface area contributed by atoms with Gasteiger partial charge >= 0.3 is 0 Å². The van der Waals surface area contributed by atoms with Gasteiger partial charge < -0.3 is 11.1 Å². The van der Waals surface area contributed by atoms with Crippen molar-refractivity contribution in [1.29, 1.82) is 0 Å². The van der Waals surface area contributed by atoms with Gasteiger partial charge in [-0.25, -0.2) is 9.97 Å². The smallest absolute Gasteiger partial charge is 0.160 e. The Bertz CT molecular complexity index is 2550. The van der Waals surface area contributed by atoms with Crippen molar-refractivity contribution in [2.75, 3.05) is 11.1 Å².